The van der Waals surface area contributed by atoms with Crippen molar-refractivity contribution < 1.29 is 38.3 Å². The Labute approximate surface area is 137 Å². The Bertz CT molecular complexity index is 272. The fraction of sp³-hybridized carbons (Fsp3) is 0.800. The van der Waals surface area contributed by atoms with Crippen LogP contribution in [0.15, 0.2) is 12.7 Å². The Morgan fingerprint density at radius 3 is 1.39 bits per heavy atom. The standard InChI is InChI=1S/C15H28O8/c1-2-3-18-4-5-19-6-7-20-8-9-21-10-11-22-12-13-23-14-15(16)17/h2H,1,3-14H2,(H,16,17). The molecular weight excluding hydrogens is 308 g/mol. The highest BCUT2D eigenvalue weighted by Gasteiger charge is 1.96. The third kappa shape index (κ3) is 21.0. The Balaban J connectivity index is 2.97. The van der Waals surface area contributed by atoms with E-state index in [4.69, 9.17) is 33.5 Å². The highest BCUT2D eigenvalue weighted by atomic mass is 16.6. The van der Waals surface area contributed by atoms with Crippen LogP contribution in [0.25, 0.3) is 0 Å². The summed E-state index contributed by atoms with van der Waals surface area (Å²) in [6, 6.07) is 0. The lowest BCUT2D eigenvalue weighted by molar-refractivity contribution is -0.142. The van der Waals surface area contributed by atoms with Crippen molar-refractivity contribution in [1.82, 2.24) is 0 Å². The van der Waals surface area contributed by atoms with Crippen LogP contribution in [-0.2, 0) is 33.2 Å². The topological polar surface area (TPSA) is 92.7 Å². The maximum absolute atomic E-state index is 10.2. The van der Waals surface area contributed by atoms with Crippen molar-refractivity contribution in [2.45, 2.75) is 0 Å². The van der Waals surface area contributed by atoms with Gasteiger partial charge < -0.3 is 33.5 Å². The molecule has 0 aliphatic heterocycles. The summed E-state index contributed by atoms with van der Waals surface area (Å²) in [4.78, 5) is 10.2. The molecule has 8 nitrogen and oxygen atoms in total. The fourth-order valence-electron chi connectivity index (χ4n) is 1.32. The van der Waals surface area contributed by atoms with Crippen LogP contribution in [-0.4, -0.2) is 90.4 Å². The van der Waals surface area contributed by atoms with E-state index in [0.29, 0.717) is 66.1 Å². The van der Waals surface area contributed by atoms with Gasteiger partial charge >= 0.3 is 5.97 Å². The largest absolute Gasteiger partial charge is 0.480 e. The average Bonchev–Trinajstić information content (AvgIpc) is 2.53. The highest BCUT2D eigenvalue weighted by Crippen LogP contribution is 1.84. The predicted molar refractivity (Wildman–Crippen MR) is 82.7 cm³/mol. The fourth-order valence-corrected chi connectivity index (χ4v) is 1.32. The number of carboxylic acid groups (broad SMARTS) is 1. The molecule has 0 amide bonds. The van der Waals surface area contributed by atoms with Gasteiger partial charge in [0.1, 0.15) is 6.61 Å². The summed E-state index contributed by atoms with van der Waals surface area (Å²) >= 11 is 0. The maximum atomic E-state index is 10.2. The first-order valence-electron chi connectivity index (χ1n) is 7.56. The zero-order chi connectivity index (χ0) is 17.0. The van der Waals surface area contributed by atoms with Gasteiger partial charge in [-0.3, -0.25) is 0 Å². The lowest BCUT2D eigenvalue weighted by Crippen LogP contribution is -2.15. The normalized spacial score (nSPS) is 10.8. The molecule has 0 fully saturated rings. The first kappa shape index (κ1) is 22.0. The molecule has 1 N–H and O–H groups in total. The molecule has 0 aromatic rings. The van der Waals surface area contributed by atoms with Crippen molar-refractivity contribution in [2.24, 2.45) is 0 Å². The van der Waals surface area contributed by atoms with Gasteiger partial charge in [-0.1, -0.05) is 6.08 Å². The van der Waals surface area contributed by atoms with Crippen LogP contribution < -0.4 is 0 Å². The van der Waals surface area contributed by atoms with Crippen LogP contribution in [0.4, 0.5) is 0 Å². The van der Waals surface area contributed by atoms with E-state index < -0.39 is 5.97 Å². The van der Waals surface area contributed by atoms with E-state index in [0.717, 1.165) is 0 Å². The Morgan fingerprint density at radius 1 is 0.696 bits per heavy atom. The second-order valence-electron chi connectivity index (χ2n) is 4.26. The minimum absolute atomic E-state index is 0.258. The summed E-state index contributed by atoms with van der Waals surface area (Å²) in [6.07, 6.45) is 1.70. The molecule has 23 heavy (non-hydrogen) atoms. The number of carboxylic acids is 1. The minimum Gasteiger partial charge on any atom is -0.480 e. The van der Waals surface area contributed by atoms with Gasteiger partial charge in [-0.2, -0.15) is 0 Å². The van der Waals surface area contributed by atoms with Gasteiger partial charge in [0, 0.05) is 0 Å². The molecule has 0 aromatic carbocycles. The van der Waals surface area contributed by atoms with Gasteiger partial charge in [0.2, 0.25) is 0 Å². The number of hydrogen-bond donors (Lipinski definition) is 1. The monoisotopic (exact) mass is 336 g/mol. The van der Waals surface area contributed by atoms with Crippen LogP contribution in [0.3, 0.4) is 0 Å². The summed E-state index contributed by atoms with van der Waals surface area (Å²) in [5.74, 6) is -0.986. The van der Waals surface area contributed by atoms with E-state index in [1.54, 1.807) is 6.08 Å². The zero-order valence-electron chi connectivity index (χ0n) is 13.6. The van der Waals surface area contributed by atoms with Crippen LogP contribution in [0.5, 0.6) is 0 Å². The first-order chi connectivity index (χ1) is 11.3. The SMILES string of the molecule is C=CCOCCOCCOCCOCCOCCOCC(=O)O. The number of aliphatic carboxylic acids is 1. The van der Waals surface area contributed by atoms with E-state index in [9.17, 15) is 4.79 Å². The number of ether oxygens (including phenoxy) is 6. The lowest BCUT2D eigenvalue weighted by Gasteiger charge is -2.07. The van der Waals surface area contributed by atoms with Gasteiger partial charge in [0.05, 0.1) is 72.7 Å². The molecule has 0 saturated heterocycles. The molecule has 136 valence electrons. The first-order valence-corrected chi connectivity index (χ1v) is 7.56. The number of rotatable bonds is 19. The average molecular weight is 336 g/mol. The van der Waals surface area contributed by atoms with Crippen molar-refractivity contribution in [3.8, 4) is 0 Å². The molecule has 0 spiro atoms. The van der Waals surface area contributed by atoms with E-state index in [1.165, 1.54) is 0 Å². The molecule has 0 atom stereocenters. The molecular formula is C15H28O8. The third-order valence-corrected chi connectivity index (χ3v) is 2.32. The Hall–Kier alpha value is -1.03. The molecule has 0 heterocycles. The molecule has 0 saturated carbocycles. The molecule has 0 rings (SSSR count). The van der Waals surface area contributed by atoms with Crippen LogP contribution in [0, 0.1) is 0 Å². The summed E-state index contributed by atoms with van der Waals surface area (Å²) in [5, 5.41) is 8.33. The smallest absolute Gasteiger partial charge is 0.329 e. The van der Waals surface area contributed by atoms with Crippen LogP contribution >= 0.6 is 0 Å². The summed E-state index contributed by atoms with van der Waals surface area (Å²) in [7, 11) is 0. The van der Waals surface area contributed by atoms with E-state index in [1.807, 2.05) is 0 Å². The quantitative estimate of drug-likeness (QED) is 0.267. The lowest BCUT2D eigenvalue weighted by atomic mass is 10.6. The zero-order valence-corrected chi connectivity index (χ0v) is 13.6. The minimum atomic E-state index is -0.986. The Morgan fingerprint density at radius 2 is 1.04 bits per heavy atom. The second-order valence-corrected chi connectivity index (χ2v) is 4.26. The summed E-state index contributed by atoms with van der Waals surface area (Å²) in [5.41, 5.74) is 0. The molecule has 0 radical (unpaired) electrons. The van der Waals surface area contributed by atoms with Crippen LogP contribution in [0.2, 0.25) is 0 Å². The second kappa shape index (κ2) is 19.0. The summed E-state index contributed by atoms with van der Waals surface area (Å²) < 4.78 is 31.1. The van der Waals surface area contributed by atoms with E-state index in [-0.39, 0.29) is 13.2 Å². The highest BCUT2D eigenvalue weighted by molar-refractivity contribution is 5.67. The molecule has 0 aliphatic carbocycles. The van der Waals surface area contributed by atoms with Gasteiger partial charge in [-0.05, 0) is 0 Å². The predicted octanol–water partition coefficient (Wildman–Crippen LogP) is 0.357. The van der Waals surface area contributed by atoms with Gasteiger partial charge in [-0.15, -0.1) is 6.58 Å². The third-order valence-electron chi connectivity index (χ3n) is 2.32. The maximum Gasteiger partial charge on any atom is 0.329 e. The van der Waals surface area contributed by atoms with Gasteiger partial charge in [-0.25, -0.2) is 4.79 Å². The molecule has 0 unspecified atom stereocenters. The van der Waals surface area contributed by atoms with Crippen LogP contribution in [0.1, 0.15) is 0 Å². The molecule has 0 aliphatic rings. The van der Waals surface area contributed by atoms with Crippen molar-refractivity contribution in [3.05, 3.63) is 12.7 Å². The van der Waals surface area contributed by atoms with E-state index in [2.05, 4.69) is 6.58 Å². The molecule has 8 heteroatoms. The van der Waals surface area contributed by atoms with Crippen molar-refractivity contribution in [2.75, 3.05) is 79.3 Å². The van der Waals surface area contributed by atoms with Crippen molar-refractivity contribution in [3.63, 3.8) is 0 Å². The number of hydrogen-bond acceptors (Lipinski definition) is 7. The number of carbonyl (C=O) groups is 1. The summed E-state index contributed by atoms with van der Waals surface area (Å²) in [6.45, 7) is 8.40. The van der Waals surface area contributed by atoms with Crippen molar-refractivity contribution in [1.29, 1.82) is 0 Å². The molecule has 0 bridgehead atoms. The van der Waals surface area contributed by atoms with Gasteiger partial charge in [0.25, 0.3) is 0 Å². The Kier molecular flexibility index (Phi) is 18.2. The molecule has 0 aromatic heterocycles. The van der Waals surface area contributed by atoms with E-state index >= 15 is 0 Å². The van der Waals surface area contributed by atoms with Crippen molar-refractivity contribution >= 4 is 5.97 Å². The van der Waals surface area contributed by atoms with Gasteiger partial charge in [0.15, 0.2) is 0 Å².